The van der Waals surface area contributed by atoms with Crippen molar-refractivity contribution >= 4 is 39.5 Å². The number of hydrogen-bond donors (Lipinski definition) is 3. The van der Waals surface area contributed by atoms with Crippen LogP contribution in [0.1, 0.15) is 357 Å². The van der Waals surface area contributed by atoms with Crippen LogP contribution in [0.25, 0.3) is 0 Å². The van der Waals surface area contributed by atoms with E-state index >= 15 is 0 Å². The van der Waals surface area contributed by atoms with E-state index < -0.39 is 97.5 Å². The molecule has 534 valence electrons. The van der Waals surface area contributed by atoms with Gasteiger partial charge in [0.2, 0.25) is 0 Å². The number of ether oxygens (including phenoxy) is 4. The van der Waals surface area contributed by atoms with Gasteiger partial charge in [-0.15, -0.1) is 0 Å². The molecule has 0 aromatic heterocycles. The van der Waals surface area contributed by atoms with Crippen LogP contribution in [0.4, 0.5) is 0 Å². The van der Waals surface area contributed by atoms with E-state index in [4.69, 9.17) is 37.0 Å². The summed E-state index contributed by atoms with van der Waals surface area (Å²) >= 11 is 0. The maximum atomic E-state index is 13.0. The Balaban J connectivity index is 5.23. The smallest absolute Gasteiger partial charge is 0.462 e. The first-order chi connectivity index (χ1) is 43.2. The summed E-state index contributed by atoms with van der Waals surface area (Å²) in [4.78, 5) is 72.5. The van der Waals surface area contributed by atoms with Gasteiger partial charge in [-0.2, -0.15) is 0 Å². The predicted molar refractivity (Wildman–Crippen MR) is 363 cm³/mol. The number of rotatable bonds is 69. The fourth-order valence-electron chi connectivity index (χ4n) is 10.7. The molecule has 3 N–H and O–H groups in total. The number of carbonyl (C=O) groups is 4. The van der Waals surface area contributed by atoms with Crippen molar-refractivity contribution in [3.05, 3.63) is 0 Å². The predicted octanol–water partition coefficient (Wildman–Crippen LogP) is 20.2. The molecular weight excluding hydrogens is 1190 g/mol. The highest BCUT2D eigenvalue weighted by atomic mass is 31.2. The van der Waals surface area contributed by atoms with Crippen LogP contribution in [0.15, 0.2) is 0 Å². The highest BCUT2D eigenvalue weighted by molar-refractivity contribution is 7.47. The van der Waals surface area contributed by atoms with E-state index in [-0.39, 0.29) is 25.7 Å². The van der Waals surface area contributed by atoms with Gasteiger partial charge in [0, 0.05) is 25.7 Å². The molecule has 0 amide bonds. The summed E-state index contributed by atoms with van der Waals surface area (Å²) in [6, 6.07) is 0. The van der Waals surface area contributed by atoms with Gasteiger partial charge in [0.1, 0.15) is 19.3 Å². The van der Waals surface area contributed by atoms with Crippen molar-refractivity contribution in [2.75, 3.05) is 39.6 Å². The first kappa shape index (κ1) is 88.1. The number of aliphatic hydroxyl groups excluding tert-OH is 1. The fraction of sp³-hybridized carbons (Fsp3) is 0.944. The van der Waals surface area contributed by atoms with Crippen molar-refractivity contribution in [2.45, 2.75) is 375 Å². The Morgan fingerprint density at radius 1 is 0.300 bits per heavy atom. The van der Waals surface area contributed by atoms with Gasteiger partial charge in [-0.25, -0.2) is 9.13 Å². The third-order valence-corrected chi connectivity index (χ3v) is 18.3. The quantitative estimate of drug-likeness (QED) is 0.0222. The summed E-state index contributed by atoms with van der Waals surface area (Å²) in [6.07, 6.45) is 45.9. The zero-order valence-corrected chi connectivity index (χ0v) is 60.4. The molecule has 0 aliphatic heterocycles. The van der Waals surface area contributed by atoms with Crippen LogP contribution in [0.2, 0.25) is 0 Å². The summed E-state index contributed by atoms with van der Waals surface area (Å²) in [7, 11) is -9.90. The maximum absolute atomic E-state index is 13.0. The molecule has 5 atom stereocenters. The molecule has 0 heterocycles. The molecule has 0 aromatic carbocycles. The lowest BCUT2D eigenvalue weighted by molar-refractivity contribution is -0.161. The van der Waals surface area contributed by atoms with Crippen LogP contribution in [0.5, 0.6) is 0 Å². The van der Waals surface area contributed by atoms with Gasteiger partial charge in [0.05, 0.1) is 26.4 Å². The van der Waals surface area contributed by atoms with Crippen molar-refractivity contribution in [3.63, 3.8) is 0 Å². The average Bonchev–Trinajstić information content (AvgIpc) is 3.10. The summed E-state index contributed by atoms with van der Waals surface area (Å²) in [5, 5.41) is 10.6. The normalized spacial score (nSPS) is 14.2. The Morgan fingerprint density at radius 2 is 0.511 bits per heavy atom. The fourth-order valence-corrected chi connectivity index (χ4v) is 12.3. The summed E-state index contributed by atoms with van der Waals surface area (Å²) < 4.78 is 68.3. The zero-order valence-electron chi connectivity index (χ0n) is 58.6. The minimum atomic E-state index is -4.95. The van der Waals surface area contributed by atoms with Crippen molar-refractivity contribution in [1.82, 2.24) is 0 Å². The van der Waals surface area contributed by atoms with Gasteiger partial charge in [0.25, 0.3) is 0 Å². The average molecular weight is 1330 g/mol. The molecule has 0 rings (SSSR count). The second kappa shape index (κ2) is 61.9. The largest absolute Gasteiger partial charge is 0.472 e. The molecule has 19 heteroatoms. The third-order valence-electron chi connectivity index (χ3n) is 16.4. The van der Waals surface area contributed by atoms with E-state index in [2.05, 4.69) is 48.5 Å². The molecule has 0 bridgehead atoms. The second-order valence-electron chi connectivity index (χ2n) is 27.1. The molecule has 0 spiro atoms. The lowest BCUT2D eigenvalue weighted by Gasteiger charge is -2.21. The van der Waals surface area contributed by atoms with E-state index in [1.54, 1.807) is 0 Å². The lowest BCUT2D eigenvalue weighted by Crippen LogP contribution is -2.30. The van der Waals surface area contributed by atoms with Gasteiger partial charge in [-0.3, -0.25) is 37.3 Å². The number of phosphoric acid groups is 2. The number of carbonyl (C=O) groups excluding carboxylic acids is 4. The van der Waals surface area contributed by atoms with Gasteiger partial charge in [-0.1, -0.05) is 305 Å². The Hall–Kier alpha value is -1.94. The Morgan fingerprint density at radius 3 is 0.756 bits per heavy atom. The SMILES string of the molecule is CCCCCCCCCCCCC(=O)O[C@H](COC(=O)CCCCCCCCC(C)C)COP(=O)(O)OC[C@H](O)COP(=O)(O)OC[C@@H](COC(=O)CCCCCCCCCCCCCCC(C)C)OC(=O)CCCCCCCCCCCCCCCC(C)C. The standard InChI is InChI=1S/C71H138O17P2/c1-8-9-10-11-12-13-25-31-40-47-54-70(75)88-67(59-82-69(74)53-46-39-34-33-37-44-51-64(6)7)61-86-90(79,80)84-57-65(72)56-83-89(77,78)85-60-66(58-81-68(73)52-45-38-30-26-21-18-17-20-24-29-36-43-50-63(4)5)87-71(76)55-48-41-32-27-22-16-14-15-19-23-28-35-42-49-62(2)3/h62-67,72H,8-61H2,1-7H3,(H,77,78)(H,79,80)/t65-,66-,67-/m1/s1. The molecule has 0 aromatic rings. The number of hydrogen-bond acceptors (Lipinski definition) is 15. The van der Waals surface area contributed by atoms with E-state index in [1.807, 2.05) is 0 Å². The van der Waals surface area contributed by atoms with Crippen LogP contribution >= 0.6 is 15.6 Å². The maximum Gasteiger partial charge on any atom is 0.472 e. The zero-order chi connectivity index (χ0) is 66.6. The topological polar surface area (TPSA) is 237 Å². The molecule has 0 fully saturated rings. The molecule has 0 radical (unpaired) electrons. The molecule has 17 nitrogen and oxygen atoms in total. The number of unbranched alkanes of at least 4 members (excludes halogenated alkanes) is 37. The Kier molecular flexibility index (Phi) is 60.6. The first-order valence-electron chi connectivity index (χ1n) is 36.8. The van der Waals surface area contributed by atoms with Crippen molar-refractivity contribution in [3.8, 4) is 0 Å². The molecule has 0 aliphatic carbocycles. The molecular formula is C71H138O17P2. The van der Waals surface area contributed by atoms with Gasteiger partial charge < -0.3 is 33.8 Å². The molecule has 0 saturated carbocycles. The van der Waals surface area contributed by atoms with Crippen molar-refractivity contribution < 1.29 is 80.2 Å². The van der Waals surface area contributed by atoms with Gasteiger partial charge >= 0.3 is 39.5 Å². The number of aliphatic hydroxyl groups is 1. The Bertz CT molecular complexity index is 1770. The monoisotopic (exact) mass is 1320 g/mol. The Labute approximate surface area is 549 Å². The second-order valence-corrected chi connectivity index (χ2v) is 30.0. The minimum Gasteiger partial charge on any atom is -0.462 e. The van der Waals surface area contributed by atoms with E-state index in [9.17, 15) is 43.2 Å². The van der Waals surface area contributed by atoms with Crippen LogP contribution in [-0.2, 0) is 65.4 Å². The molecule has 0 saturated heterocycles. The summed E-state index contributed by atoms with van der Waals surface area (Å²) in [6.45, 7) is 11.8. The third kappa shape index (κ3) is 64.8. The van der Waals surface area contributed by atoms with Crippen molar-refractivity contribution in [1.29, 1.82) is 0 Å². The van der Waals surface area contributed by atoms with E-state index in [0.717, 1.165) is 108 Å². The highest BCUT2D eigenvalue weighted by Gasteiger charge is 2.30. The van der Waals surface area contributed by atoms with E-state index in [0.29, 0.717) is 31.6 Å². The summed E-state index contributed by atoms with van der Waals surface area (Å²) in [5.74, 6) is 0.122. The number of esters is 4. The van der Waals surface area contributed by atoms with E-state index in [1.165, 1.54) is 161 Å². The molecule has 0 aliphatic rings. The lowest BCUT2D eigenvalue weighted by atomic mass is 10.0. The van der Waals surface area contributed by atoms with Crippen LogP contribution in [-0.4, -0.2) is 96.7 Å². The highest BCUT2D eigenvalue weighted by Crippen LogP contribution is 2.45. The van der Waals surface area contributed by atoms with Crippen LogP contribution in [0.3, 0.4) is 0 Å². The molecule has 90 heavy (non-hydrogen) atoms. The van der Waals surface area contributed by atoms with Crippen LogP contribution in [0, 0.1) is 17.8 Å². The minimum absolute atomic E-state index is 0.105. The summed E-state index contributed by atoms with van der Waals surface area (Å²) in [5.41, 5.74) is 0. The first-order valence-corrected chi connectivity index (χ1v) is 39.8. The number of phosphoric ester groups is 2. The van der Waals surface area contributed by atoms with Crippen molar-refractivity contribution in [2.24, 2.45) is 17.8 Å². The molecule has 2 unspecified atom stereocenters. The van der Waals surface area contributed by atoms with Gasteiger partial charge in [0.15, 0.2) is 12.2 Å². The van der Waals surface area contributed by atoms with Crippen LogP contribution < -0.4 is 0 Å². The van der Waals surface area contributed by atoms with Gasteiger partial charge in [-0.05, 0) is 43.4 Å².